The van der Waals surface area contributed by atoms with Crippen molar-refractivity contribution in [1.29, 1.82) is 0 Å². The van der Waals surface area contributed by atoms with Crippen molar-refractivity contribution >= 4 is 22.9 Å². The number of thiazole rings is 1. The summed E-state index contributed by atoms with van der Waals surface area (Å²) in [5.41, 5.74) is 4.09. The summed E-state index contributed by atoms with van der Waals surface area (Å²) in [5.74, 6) is 0. The van der Waals surface area contributed by atoms with Crippen molar-refractivity contribution in [2.75, 3.05) is 0 Å². The van der Waals surface area contributed by atoms with Crippen LogP contribution in [0.4, 0.5) is 0 Å². The number of hydrogen-bond acceptors (Lipinski definition) is 3. The second-order valence-electron chi connectivity index (χ2n) is 5.18. The molecule has 0 bridgehead atoms. The van der Waals surface area contributed by atoms with Crippen LogP contribution in [0.1, 0.15) is 44.0 Å². The topological polar surface area (TPSA) is 30.7 Å². The summed E-state index contributed by atoms with van der Waals surface area (Å²) in [7, 11) is 0. The van der Waals surface area contributed by atoms with E-state index in [4.69, 9.17) is 11.6 Å². The van der Waals surface area contributed by atoms with E-state index in [0.29, 0.717) is 0 Å². The Balaban J connectivity index is 0.000000167. The molecule has 0 N–H and O–H groups in total. The molecular formula is C19H24ClN3S. The van der Waals surface area contributed by atoms with Gasteiger partial charge in [0.1, 0.15) is 0 Å². The van der Waals surface area contributed by atoms with E-state index in [9.17, 15) is 0 Å². The largest absolute Gasteiger partial charge is 0.227 e. The van der Waals surface area contributed by atoms with Crippen molar-refractivity contribution in [1.82, 2.24) is 14.8 Å². The molecule has 1 aliphatic carbocycles. The summed E-state index contributed by atoms with van der Waals surface area (Å²) >= 11 is 7.30. The van der Waals surface area contributed by atoms with Crippen LogP contribution in [0.2, 0.25) is 5.02 Å². The molecule has 3 aromatic rings. The molecule has 0 fully saturated rings. The van der Waals surface area contributed by atoms with E-state index in [1.165, 1.54) is 29.7 Å². The lowest BCUT2D eigenvalue weighted by atomic mass is 10.2. The SMILES string of the molecule is CC.CCc1ccc(Cl)cc1.c1csc(-n2ncc3c2CCC3)n1. The molecule has 0 saturated heterocycles. The van der Waals surface area contributed by atoms with E-state index >= 15 is 0 Å². The van der Waals surface area contributed by atoms with E-state index < -0.39 is 0 Å². The first-order chi connectivity index (χ1) is 11.8. The molecule has 1 aliphatic rings. The molecule has 3 nitrogen and oxygen atoms in total. The van der Waals surface area contributed by atoms with Gasteiger partial charge in [0.15, 0.2) is 0 Å². The number of nitrogens with zero attached hydrogens (tertiary/aromatic N) is 3. The molecule has 2 heterocycles. The zero-order valence-corrected chi connectivity index (χ0v) is 16.1. The quantitative estimate of drug-likeness (QED) is 0.582. The molecular weight excluding hydrogens is 338 g/mol. The number of hydrogen-bond donors (Lipinski definition) is 0. The zero-order chi connectivity index (χ0) is 17.4. The van der Waals surface area contributed by atoms with Crippen molar-refractivity contribution in [3.05, 3.63) is 63.9 Å². The molecule has 0 spiro atoms. The molecule has 1 aromatic carbocycles. The summed E-state index contributed by atoms with van der Waals surface area (Å²) in [6.07, 6.45) is 8.47. The van der Waals surface area contributed by atoms with Gasteiger partial charge in [0.25, 0.3) is 0 Å². The van der Waals surface area contributed by atoms with Crippen LogP contribution in [0, 0.1) is 0 Å². The van der Waals surface area contributed by atoms with Gasteiger partial charge in [-0.2, -0.15) is 5.10 Å². The van der Waals surface area contributed by atoms with Gasteiger partial charge < -0.3 is 0 Å². The highest BCUT2D eigenvalue weighted by molar-refractivity contribution is 7.12. The van der Waals surface area contributed by atoms with Crippen LogP contribution in [-0.4, -0.2) is 14.8 Å². The van der Waals surface area contributed by atoms with Gasteiger partial charge in [0, 0.05) is 16.6 Å². The molecule has 2 aromatic heterocycles. The van der Waals surface area contributed by atoms with E-state index in [1.54, 1.807) is 11.3 Å². The molecule has 5 heteroatoms. The van der Waals surface area contributed by atoms with Gasteiger partial charge >= 0.3 is 0 Å². The Morgan fingerprint density at radius 3 is 2.54 bits per heavy atom. The molecule has 0 radical (unpaired) electrons. The fourth-order valence-electron chi connectivity index (χ4n) is 2.53. The predicted molar refractivity (Wildman–Crippen MR) is 103 cm³/mol. The second kappa shape index (κ2) is 9.60. The standard InChI is InChI=1S/C9H9N3S.C8H9Cl.C2H6/c1-2-7-6-11-12(8(7)3-1)9-10-4-5-13-9;1-2-7-3-5-8(9)6-4-7;1-2/h4-6H,1-3H2;3-6H,2H2,1H3;1-2H3. The highest BCUT2D eigenvalue weighted by atomic mass is 35.5. The van der Waals surface area contributed by atoms with Crippen LogP contribution in [0.5, 0.6) is 0 Å². The number of aryl methyl sites for hydroxylation is 2. The van der Waals surface area contributed by atoms with Gasteiger partial charge in [-0.25, -0.2) is 9.67 Å². The van der Waals surface area contributed by atoms with Gasteiger partial charge in [0.2, 0.25) is 5.13 Å². The van der Waals surface area contributed by atoms with Crippen LogP contribution in [0.15, 0.2) is 42.0 Å². The Bertz CT molecular complexity index is 718. The lowest BCUT2D eigenvalue weighted by Crippen LogP contribution is -1.99. The first kappa shape index (κ1) is 18.7. The Morgan fingerprint density at radius 1 is 1.17 bits per heavy atom. The third kappa shape index (κ3) is 4.68. The highest BCUT2D eigenvalue weighted by Gasteiger charge is 2.18. The first-order valence-electron chi connectivity index (χ1n) is 8.48. The maximum absolute atomic E-state index is 5.67. The van der Waals surface area contributed by atoms with Crippen molar-refractivity contribution in [2.24, 2.45) is 0 Å². The van der Waals surface area contributed by atoms with Crippen LogP contribution in [0.25, 0.3) is 5.13 Å². The molecule has 0 aliphatic heterocycles. The Hall–Kier alpha value is -1.65. The number of benzene rings is 1. The highest BCUT2D eigenvalue weighted by Crippen LogP contribution is 2.24. The third-order valence-electron chi connectivity index (χ3n) is 3.74. The lowest BCUT2D eigenvalue weighted by Gasteiger charge is -1.98. The van der Waals surface area contributed by atoms with Crippen molar-refractivity contribution in [2.45, 2.75) is 46.5 Å². The maximum atomic E-state index is 5.67. The zero-order valence-electron chi connectivity index (χ0n) is 14.5. The number of fused-ring (bicyclic) bond motifs is 1. The fraction of sp³-hybridized carbons (Fsp3) is 0.368. The van der Waals surface area contributed by atoms with Crippen LogP contribution < -0.4 is 0 Å². The van der Waals surface area contributed by atoms with Gasteiger partial charge in [-0.15, -0.1) is 11.3 Å². The fourth-order valence-corrected chi connectivity index (χ4v) is 3.28. The Kier molecular flexibility index (Phi) is 7.47. The molecule has 24 heavy (non-hydrogen) atoms. The van der Waals surface area contributed by atoms with Gasteiger partial charge in [-0.1, -0.05) is 44.5 Å². The lowest BCUT2D eigenvalue weighted by molar-refractivity contribution is 0.779. The molecule has 4 rings (SSSR count). The Labute approximate surface area is 153 Å². The second-order valence-corrected chi connectivity index (χ2v) is 6.49. The minimum absolute atomic E-state index is 0.812. The van der Waals surface area contributed by atoms with E-state index in [0.717, 1.165) is 23.0 Å². The normalized spacial score (nSPS) is 11.8. The predicted octanol–water partition coefficient (Wildman–Crippen LogP) is 5.75. The summed E-state index contributed by atoms with van der Waals surface area (Å²) in [6, 6.07) is 7.92. The number of aromatic nitrogens is 3. The average molecular weight is 362 g/mol. The van der Waals surface area contributed by atoms with E-state index in [-0.39, 0.29) is 0 Å². The van der Waals surface area contributed by atoms with Crippen LogP contribution >= 0.6 is 22.9 Å². The Morgan fingerprint density at radius 2 is 1.92 bits per heavy atom. The molecule has 0 atom stereocenters. The molecule has 0 unspecified atom stereocenters. The number of halogens is 1. The summed E-state index contributed by atoms with van der Waals surface area (Å²) in [4.78, 5) is 4.26. The van der Waals surface area contributed by atoms with E-state index in [1.807, 2.05) is 60.6 Å². The van der Waals surface area contributed by atoms with Gasteiger partial charge in [-0.05, 0) is 48.9 Å². The summed E-state index contributed by atoms with van der Waals surface area (Å²) in [6.45, 7) is 6.13. The van der Waals surface area contributed by atoms with Crippen molar-refractivity contribution in [3.63, 3.8) is 0 Å². The third-order valence-corrected chi connectivity index (χ3v) is 4.74. The molecule has 128 valence electrons. The van der Waals surface area contributed by atoms with Crippen molar-refractivity contribution < 1.29 is 0 Å². The summed E-state index contributed by atoms with van der Waals surface area (Å²) < 4.78 is 1.98. The number of rotatable bonds is 2. The first-order valence-corrected chi connectivity index (χ1v) is 9.73. The van der Waals surface area contributed by atoms with Crippen LogP contribution in [0.3, 0.4) is 0 Å². The monoisotopic (exact) mass is 361 g/mol. The van der Waals surface area contributed by atoms with Gasteiger partial charge in [-0.3, -0.25) is 0 Å². The maximum Gasteiger partial charge on any atom is 0.210 e. The van der Waals surface area contributed by atoms with E-state index in [2.05, 4.69) is 17.0 Å². The van der Waals surface area contributed by atoms with Crippen molar-refractivity contribution in [3.8, 4) is 5.13 Å². The molecule has 0 amide bonds. The van der Waals surface area contributed by atoms with Gasteiger partial charge in [0.05, 0.1) is 11.9 Å². The smallest absolute Gasteiger partial charge is 0.210 e. The summed E-state index contributed by atoms with van der Waals surface area (Å²) in [5, 5.41) is 8.13. The molecule has 0 saturated carbocycles. The minimum Gasteiger partial charge on any atom is -0.227 e. The minimum atomic E-state index is 0.812. The van der Waals surface area contributed by atoms with Crippen LogP contribution in [-0.2, 0) is 19.3 Å². The average Bonchev–Trinajstić information content (AvgIpc) is 3.36.